The summed E-state index contributed by atoms with van der Waals surface area (Å²) in [5, 5.41) is 10.3. The van der Waals surface area contributed by atoms with Crippen LogP contribution in [0.3, 0.4) is 0 Å². The monoisotopic (exact) mass is 392 g/mol. The van der Waals surface area contributed by atoms with Crippen LogP contribution >= 0.6 is 15.9 Å². The van der Waals surface area contributed by atoms with Crippen molar-refractivity contribution in [1.82, 2.24) is 0 Å². The summed E-state index contributed by atoms with van der Waals surface area (Å²) >= 11 is 3.37. The second kappa shape index (κ2) is 7.14. The molecule has 1 aliphatic rings. The Morgan fingerprint density at radius 1 is 1.38 bits per heavy atom. The fourth-order valence-corrected chi connectivity index (χ4v) is 4.26. The minimum absolute atomic E-state index is 0.124. The van der Waals surface area contributed by atoms with E-state index in [1.54, 1.807) is 25.3 Å². The summed E-state index contributed by atoms with van der Waals surface area (Å²) < 4.78 is 6.01. The van der Waals surface area contributed by atoms with Gasteiger partial charge in [-0.2, -0.15) is 0 Å². The van der Waals surface area contributed by atoms with E-state index in [1.807, 2.05) is 13.0 Å². The van der Waals surface area contributed by atoms with Gasteiger partial charge in [-0.1, -0.05) is 25.5 Å². The molecule has 2 atom stereocenters. The SMILES string of the molecule is C=CC[C@H]1C(C)=CC(=O)[C@H](Cc2cc(OC)c(Br)cc2O)C1(C)C. The number of phenolic OH excluding ortho intramolecular Hbond substituents is 1. The molecule has 24 heavy (non-hydrogen) atoms. The molecule has 0 amide bonds. The Hall–Kier alpha value is -1.55. The zero-order valence-electron chi connectivity index (χ0n) is 14.7. The van der Waals surface area contributed by atoms with E-state index in [0.29, 0.717) is 16.6 Å². The lowest BCUT2D eigenvalue weighted by atomic mass is 9.59. The molecule has 0 aliphatic heterocycles. The van der Waals surface area contributed by atoms with Crippen molar-refractivity contribution in [2.24, 2.45) is 17.3 Å². The topological polar surface area (TPSA) is 46.5 Å². The van der Waals surface area contributed by atoms with Gasteiger partial charge >= 0.3 is 0 Å². The van der Waals surface area contributed by atoms with Gasteiger partial charge < -0.3 is 9.84 Å². The van der Waals surface area contributed by atoms with Crippen LogP contribution in [0.15, 0.2) is 40.9 Å². The molecule has 0 saturated heterocycles. The maximum Gasteiger partial charge on any atom is 0.159 e. The average Bonchev–Trinajstić information content (AvgIpc) is 2.49. The highest BCUT2D eigenvalue weighted by Crippen LogP contribution is 2.47. The van der Waals surface area contributed by atoms with Crippen molar-refractivity contribution in [3.63, 3.8) is 0 Å². The number of hydrogen-bond donors (Lipinski definition) is 1. The normalized spacial score (nSPS) is 22.9. The van der Waals surface area contributed by atoms with Crippen LogP contribution in [0, 0.1) is 17.3 Å². The summed E-state index contributed by atoms with van der Waals surface area (Å²) in [5.41, 5.74) is 1.63. The van der Waals surface area contributed by atoms with Crippen LogP contribution in [0.4, 0.5) is 0 Å². The number of aromatic hydroxyl groups is 1. The zero-order valence-corrected chi connectivity index (χ0v) is 16.3. The van der Waals surface area contributed by atoms with Gasteiger partial charge in [0.2, 0.25) is 0 Å². The van der Waals surface area contributed by atoms with Crippen molar-refractivity contribution in [3.8, 4) is 11.5 Å². The van der Waals surface area contributed by atoms with E-state index in [2.05, 4.69) is 36.4 Å². The molecule has 0 saturated carbocycles. The number of rotatable bonds is 5. The first kappa shape index (κ1) is 18.8. The van der Waals surface area contributed by atoms with Gasteiger partial charge in [0, 0.05) is 5.92 Å². The number of carbonyl (C=O) groups excluding carboxylic acids is 1. The number of carbonyl (C=O) groups is 1. The fourth-order valence-electron chi connectivity index (χ4n) is 3.77. The van der Waals surface area contributed by atoms with E-state index in [4.69, 9.17) is 4.74 Å². The molecule has 130 valence electrons. The first-order valence-corrected chi connectivity index (χ1v) is 8.90. The Kier molecular flexibility index (Phi) is 5.59. The Bertz CT molecular complexity index is 688. The van der Waals surface area contributed by atoms with Crippen LogP contribution in [0.25, 0.3) is 0 Å². The summed E-state index contributed by atoms with van der Waals surface area (Å²) in [7, 11) is 1.59. The lowest BCUT2D eigenvalue weighted by Crippen LogP contribution is -2.42. The van der Waals surface area contributed by atoms with Gasteiger partial charge in [-0.25, -0.2) is 0 Å². The second-order valence-electron chi connectivity index (χ2n) is 7.06. The molecule has 0 heterocycles. The van der Waals surface area contributed by atoms with E-state index < -0.39 is 0 Å². The Balaban J connectivity index is 2.41. The van der Waals surface area contributed by atoms with Gasteiger partial charge in [-0.15, -0.1) is 6.58 Å². The third-order valence-electron chi connectivity index (χ3n) is 5.24. The van der Waals surface area contributed by atoms with Crippen molar-refractivity contribution in [1.29, 1.82) is 0 Å². The Labute approximate surface area is 152 Å². The molecular formula is C20H25BrO3. The number of ketones is 1. The van der Waals surface area contributed by atoms with Gasteiger partial charge in [0.1, 0.15) is 11.5 Å². The third-order valence-corrected chi connectivity index (χ3v) is 5.86. The van der Waals surface area contributed by atoms with Gasteiger partial charge in [0.05, 0.1) is 11.6 Å². The number of methoxy groups -OCH3 is 1. The number of benzene rings is 1. The summed E-state index contributed by atoms with van der Waals surface area (Å²) in [4.78, 5) is 12.7. The van der Waals surface area contributed by atoms with Crippen molar-refractivity contribution >= 4 is 21.7 Å². The molecule has 0 unspecified atom stereocenters. The van der Waals surface area contributed by atoms with E-state index in [9.17, 15) is 9.90 Å². The number of phenols is 1. The number of allylic oxidation sites excluding steroid dienone is 3. The van der Waals surface area contributed by atoms with Gasteiger partial charge in [-0.05, 0) is 70.8 Å². The van der Waals surface area contributed by atoms with Crippen molar-refractivity contribution < 1.29 is 14.6 Å². The van der Waals surface area contributed by atoms with E-state index >= 15 is 0 Å². The molecule has 1 N–H and O–H groups in total. The fraction of sp³-hybridized carbons (Fsp3) is 0.450. The van der Waals surface area contributed by atoms with Crippen LogP contribution in [-0.2, 0) is 11.2 Å². The molecule has 1 aliphatic carbocycles. The second-order valence-corrected chi connectivity index (χ2v) is 7.92. The Morgan fingerprint density at radius 2 is 2.04 bits per heavy atom. The molecule has 0 bridgehead atoms. The summed E-state index contributed by atoms with van der Waals surface area (Å²) in [6, 6.07) is 3.42. The molecule has 0 spiro atoms. The lowest BCUT2D eigenvalue weighted by molar-refractivity contribution is -0.123. The largest absolute Gasteiger partial charge is 0.508 e. The van der Waals surface area contributed by atoms with Crippen molar-refractivity contribution in [2.75, 3.05) is 7.11 Å². The molecular weight excluding hydrogens is 368 g/mol. The number of halogens is 1. The van der Waals surface area contributed by atoms with Crippen molar-refractivity contribution in [3.05, 3.63) is 46.5 Å². The molecule has 1 aromatic carbocycles. The van der Waals surface area contributed by atoms with Crippen LogP contribution in [0.5, 0.6) is 11.5 Å². The predicted octanol–water partition coefficient (Wildman–Crippen LogP) is 5.07. The van der Waals surface area contributed by atoms with Crippen LogP contribution in [-0.4, -0.2) is 18.0 Å². The highest BCUT2D eigenvalue weighted by molar-refractivity contribution is 9.10. The highest BCUT2D eigenvalue weighted by Gasteiger charge is 2.44. The standard InChI is InChI=1S/C20H25BrO3/c1-6-7-14-12(2)8-18(23)15(20(14,3)4)9-13-10-19(24-5)16(21)11-17(13)22/h6,8,10-11,14-15,22H,1,7,9H2,2-5H3/t14-,15-/m0/s1. The molecule has 4 heteroatoms. The molecule has 3 nitrogen and oxygen atoms in total. The van der Waals surface area contributed by atoms with Gasteiger partial charge in [0.15, 0.2) is 5.78 Å². The number of hydrogen-bond acceptors (Lipinski definition) is 3. The smallest absolute Gasteiger partial charge is 0.159 e. The first-order valence-electron chi connectivity index (χ1n) is 8.10. The molecule has 0 fully saturated rings. The van der Waals surface area contributed by atoms with Gasteiger partial charge in [-0.3, -0.25) is 4.79 Å². The maximum atomic E-state index is 12.7. The van der Waals surface area contributed by atoms with Crippen LogP contribution in [0.1, 0.15) is 32.8 Å². The Morgan fingerprint density at radius 3 is 2.62 bits per heavy atom. The minimum atomic E-state index is -0.211. The summed E-state index contributed by atoms with van der Waals surface area (Å²) in [6.07, 6.45) is 5.00. The zero-order chi connectivity index (χ0) is 18.1. The van der Waals surface area contributed by atoms with Gasteiger partial charge in [0.25, 0.3) is 0 Å². The summed E-state index contributed by atoms with van der Waals surface area (Å²) in [5.74, 6) is 1.04. The molecule has 0 aromatic heterocycles. The number of ether oxygens (including phenoxy) is 1. The quantitative estimate of drug-likeness (QED) is 0.711. The highest BCUT2D eigenvalue weighted by atomic mass is 79.9. The van der Waals surface area contributed by atoms with Crippen molar-refractivity contribution in [2.45, 2.75) is 33.6 Å². The van der Waals surface area contributed by atoms with Crippen LogP contribution < -0.4 is 4.74 Å². The van der Waals surface area contributed by atoms with Crippen LogP contribution in [0.2, 0.25) is 0 Å². The lowest BCUT2D eigenvalue weighted by Gasteiger charge is -2.43. The molecule has 0 radical (unpaired) electrons. The summed E-state index contributed by atoms with van der Waals surface area (Å²) in [6.45, 7) is 10.1. The molecule has 1 aromatic rings. The minimum Gasteiger partial charge on any atom is -0.508 e. The van der Waals surface area contributed by atoms with E-state index in [0.717, 1.165) is 17.6 Å². The third kappa shape index (κ3) is 3.44. The first-order chi connectivity index (χ1) is 11.2. The maximum absolute atomic E-state index is 12.7. The average molecular weight is 393 g/mol. The van der Waals surface area contributed by atoms with E-state index in [1.165, 1.54) is 0 Å². The van der Waals surface area contributed by atoms with E-state index in [-0.39, 0.29) is 28.8 Å². The molecule has 2 rings (SSSR count). The predicted molar refractivity (Wildman–Crippen MR) is 100 cm³/mol.